The molecule has 3 aromatic heterocycles. The number of likely N-dealkylation sites (tertiary alicyclic amines) is 1. The molecule has 0 N–H and O–H groups in total. The van der Waals surface area contributed by atoms with Gasteiger partial charge >= 0.3 is 0 Å². The van der Waals surface area contributed by atoms with E-state index < -0.39 is 0 Å². The molecule has 1 aromatic carbocycles. The number of hydrogen-bond acceptors (Lipinski definition) is 3. The van der Waals surface area contributed by atoms with Crippen molar-refractivity contribution in [2.24, 2.45) is 30.7 Å². The van der Waals surface area contributed by atoms with E-state index in [1.807, 2.05) is 22.6 Å². The van der Waals surface area contributed by atoms with Crippen molar-refractivity contribution < 1.29 is 9.18 Å². The van der Waals surface area contributed by atoms with Crippen LogP contribution in [-0.4, -0.2) is 42.5 Å². The second-order valence-corrected chi connectivity index (χ2v) is 13.5. The monoisotopic (exact) mass is 537 g/mol. The molecule has 1 unspecified atom stereocenters. The lowest BCUT2D eigenvalue weighted by Crippen LogP contribution is -2.53. The quantitative estimate of drug-likeness (QED) is 0.286. The zero-order chi connectivity index (χ0) is 26.7. The fourth-order valence-electron chi connectivity index (χ4n) is 8.71. The smallest absolute Gasteiger partial charge is 0.254 e. The summed E-state index contributed by atoms with van der Waals surface area (Å²) in [5.41, 5.74) is 4.65. The summed E-state index contributed by atoms with van der Waals surface area (Å²) in [5.74, 6) is 3.70. The summed E-state index contributed by atoms with van der Waals surface area (Å²) in [6, 6.07) is 10.2. The van der Waals surface area contributed by atoms with E-state index in [0.29, 0.717) is 46.3 Å². The van der Waals surface area contributed by atoms with E-state index in [-0.39, 0.29) is 11.7 Å². The van der Waals surface area contributed by atoms with Gasteiger partial charge in [0.1, 0.15) is 17.0 Å². The lowest BCUT2D eigenvalue weighted by Gasteiger charge is -2.52. The van der Waals surface area contributed by atoms with Crippen LogP contribution in [0.25, 0.3) is 33.6 Å². The van der Waals surface area contributed by atoms with E-state index in [2.05, 4.69) is 22.8 Å². The molecule has 1 aliphatic heterocycles. The van der Waals surface area contributed by atoms with E-state index >= 15 is 4.39 Å². The highest BCUT2D eigenvalue weighted by molar-refractivity contribution is 5.98. The van der Waals surface area contributed by atoms with Crippen LogP contribution in [0.15, 0.2) is 30.3 Å². The molecule has 1 amide bonds. The molecule has 0 spiro atoms. The van der Waals surface area contributed by atoms with Crippen LogP contribution in [0.1, 0.15) is 79.8 Å². The number of aromatic nitrogens is 4. The second kappa shape index (κ2) is 8.40. The molecule has 4 saturated carbocycles. The van der Waals surface area contributed by atoms with Crippen molar-refractivity contribution in [1.29, 1.82) is 0 Å². The summed E-state index contributed by atoms with van der Waals surface area (Å²) in [7, 11) is 1.89. The lowest BCUT2D eigenvalue weighted by atomic mass is 9.53. The first-order chi connectivity index (χ1) is 19.5. The average Bonchev–Trinajstić information content (AvgIpc) is 3.62. The molecule has 1 saturated heterocycles. The van der Waals surface area contributed by atoms with E-state index in [1.165, 1.54) is 63.1 Å². The highest BCUT2D eigenvalue weighted by Crippen LogP contribution is 2.60. The molecule has 4 aliphatic carbocycles. The fraction of sp³-hybridized carbons (Fsp3) is 0.545. The summed E-state index contributed by atoms with van der Waals surface area (Å²) in [6.07, 6.45) is 11.2. The van der Waals surface area contributed by atoms with Gasteiger partial charge in [-0.3, -0.25) is 4.79 Å². The van der Waals surface area contributed by atoms with Gasteiger partial charge in [-0.2, -0.15) is 0 Å². The van der Waals surface area contributed by atoms with Crippen molar-refractivity contribution in [3.8, 4) is 11.5 Å². The van der Waals surface area contributed by atoms with E-state index in [4.69, 9.17) is 9.97 Å². The van der Waals surface area contributed by atoms with Gasteiger partial charge in [-0.05, 0) is 92.5 Å². The minimum absolute atomic E-state index is 0.0341. The van der Waals surface area contributed by atoms with Crippen LogP contribution >= 0.6 is 0 Å². The van der Waals surface area contributed by atoms with Gasteiger partial charge in [-0.1, -0.05) is 19.3 Å². The Bertz CT molecular complexity index is 1690. The zero-order valence-electron chi connectivity index (χ0n) is 23.2. The van der Waals surface area contributed by atoms with Crippen LogP contribution in [0.2, 0.25) is 0 Å². The first-order valence-corrected chi connectivity index (χ1v) is 15.5. The number of carbonyl (C=O) groups excluding carboxylic acids is 1. The molecule has 6 nitrogen and oxygen atoms in total. The first kappa shape index (κ1) is 23.5. The largest absolute Gasteiger partial charge is 0.335 e. The van der Waals surface area contributed by atoms with Gasteiger partial charge in [-0.15, -0.1) is 0 Å². The van der Waals surface area contributed by atoms with Crippen LogP contribution < -0.4 is 0 Å². The molecule has 4 aromatic rings. The predicted molar refractivity (Wildman–Crippen MR) is 152 cm³/mol. The number of pyridine rings is 1. The number of fused-ring (bicyclic) bond motifs is 2. The summed E-state index contributed by atoms with van der Waals surface area (Å²) >= 11 is 0. The molecule has 5 fully saturated rings. The number of rotatable bonds is 5. The molecule has 4 heterocycles. The lowest BCUT2D eigenvalue weighted by molar-refractivity contribution is -0.0204. The highest BCUT2D eigenvalue weighted by atomic mass is 19.1. The minimum Gasteiger partial charge on any atom is -0.335 e. The van der Waals surface area contributed by atoms with Crippen LogP contribution in [0.3, 0.4) is 0 Å². The summed E-state index contributed by atoms with van der Waals surface area (Å²) in [4.78, 5) is 25.8. The molecule has 0 radical (unpaired) electrons. The maximum atomic E-state index is 15.7. The average molecular weight is 538 g/mol. The fourth-order valence-corrected chi connectivity index (χ4v) is 8.71. The Morgan fingerprint density at radius 3 is 2.62 bits per heavy atom. The van der Waals surface area contributed by atoms with Crippen molar-refractivity contribution in [3.05, 3.63) is 47.4 Å². The van der Waals surface area contributed by atoms with Gasteiger partial charge in [0.2, 0.25) is 0 Å². The molecular formula is C33H36FN5O. The Hall–Kier alpha value is -3.22. The Labute approximate surface area is 233 Å². The number of aryl methyl sites for hydroxylation is 1. The molecule has 7 heteroatoms. The standard InChI is InChI=1S/C33H36FN5O/c1-37-30-24(34)12-22(33(40)39-17-23-11-21-15-27(39)29(21)23)13-26(30)36-32(37)28-14-20-9-10-25(19-5-3-2-4-6-19)35-31(20)38(28)16-18-7-8-18/h9-10,12-14,18-19,21,23,27,29H,2-8,11,15-17H2,1H3/t21?,23-,27-,29-/m1/s1. The number of imidazole rings is 1. The van der Waals surface area contributed by atoms with Crippen molar-refractivity contribution in [1.82, 2.24) is 24.0 Å². The van der Waals surface area contributed by atoms with Gasteiger partial charge in [0.05, 0.1) is 11.2 Å². The third-order valence-corrected chi connectivity index (χ3v) is 11.1. The molecule has 5 aliphatic rings. The topological polar surface area (TPSA) is 56.0 Å². The second-order valence-electron chi connectivity index (χ2n) is 13.5. The summed E-state index contributed by atoms with van der Waals surface area (Å²) in [5, 5.41) is 1.11. The van der Waals surface area contributed by atoms with Crippen molar-refractivity contribution in [2.75, 3.05) is 6.54 Å². The Morgan fingerprint density at radius 1 is 1.00 bits per heavy atom. The number of carbonyl (C=O) groups is 1. The number of hydrogen-bond donors (Lipinski definition) is 0. The molecule has 206 valence electrons. The highest BCUT2D eigenvalue weighted by Gasteiger charge is 2.61. The van der Waals surface area contributed by atoms with Crippen LogP contribution in [0, 0.1) is 29.5 Å². The Morgan fingerprint density at radius 2 is 1.85 bits per heavy atom. The number of halogens is 1. The van der Waals surface area contributed by atoms with Crippen LogP contribution in [-0.2, 0) is 13.6 Å². The SMILES string of the molecule is Cn1c(-c2cc3ccc(C4CCCCC4)nc3n2CC2CC2)nc2cc(C(=O)N3C[C@H]4CC5C[C@@H]3[C@H]54)cc(F)c21. The molecule has 0 bridgehead atoms. The minimum atomic E-state index is -0.377. The molecule has 40 heavy (non-hydrogen) atoms. The van der Waals surface area contributed by atoms with E-state index in [9.17, 15) is 4.79 Å². The predicted octanol–water partition coefficient (Wildman–Crippen LogP) is 6.67. The maximum absolute atomic E-state index is 15.7. The van der Waals surface area contributed by atoms with Crippen LogP contribution in [0.4, 0.5) is 4.39 Å². The van der Waals surface area contributed by atoms with Gasteiger partial charge in [0.15, 0.2) is 5.82 Å². The Kier molecular flexibility index (Phi) is 4.93. The van der Waals surface area contributed by atoms with Gasteiger partial charge in [0.25, 0.3) is 5.91 Å². The van der Waals surface area contributed by atoms with E-state index in [0.717, 1.165) is 48.0 Å². The molecule has 9 rings (SSSR count). The Balaban J connectivity index is 1.12. The number of benzene rings is 1. The normalized spacial score (nSPS) is 27.7. The van der Waals surface area contributed by atoms with E-state index in [1.54, 1.807) is 0 Å². The third kappa shape index (κ3) is 3.35. The van der Waals surface area contributed by atoms with Crippen molar-refractivity contribution >= 4 is 28.0 Å². The molecular weight excluding hydrogens is 501 g/mol. The van der Waals surface area contributed by atoms with Gasteiger partial charge in [-0.25, -0.2) is 14.4 Å². The van der Waals surface area contributed by atoms with Crippen molar-refractivity contribution in [3.63, 3.8) is 0 Å². The third-order valence-electron chi connectivity index (χ3n) is 11.1. The zero-order valence-corrected chi connectivity index (χ0v) is 23.2. The first-order valence-electron chi connectivity index (χ1n) is 15.5. The maximum Gasteiger partial charge on any atom is 0.254 e. The van der Waals surface area contributed by atoms with Crippen molar-refractivity contribution in [2.45, 2.75) is 76.3 Å². The number of nitrogens with zero attached hydrogens (tertiary/aromatic N) is 5. The number of amides is 1. The van der Waals surface area contributed by atoms with Gasteiger partial charge < -0.3 is 14.0 Å². The summed E-state index contributed by atoms with van der Waals surface area (Å²) < 4.78 is 19.9. The summed E-state index contributed by atoms with van der Waals surface area (Å²) in [6.45, 7) is 1.74. The van der Waals surface area contributed by atoms with Crippen LogP contribution in [0.5, 0.6) is 0 Å². The van der Waals surface area contributed by atoms with Gasteiger partial charge in [0, 0.05) is 48.7 Å². The molecule has 4 atom stereocenters.